The molecule has 0 saturated carbocycles. The number of benzene rings is 2. The molecule has 1 atom stereocenters. The number of anilines is 1. The maximum atomic E-state index is 12.6. The summed E-state index contributed by atoms with van der Waals surface area (Å²) in [5, 5.41) is 4.48. The number of fused-ring (bicyclic) bond motifs is 1. The molecule has 0 spiro atoms. The smallest absolute Gasteiger partial charge is 0.237 e. The van der Waals surface area contributed by atoms with Crippen LogP contribution in [-0.4, -0.2) is 21.1 Å². The number of rotatable bonds is 4. The number of amides is 1. The molecule has 128 valence electrons. The number of aryl methyl sites for hydroxylation is 2. The topological polar surface area (TPSA) is 54.9 Å². The van der Waals surface area contributed by atoms with Gasteiger partial charge in [-0.2, -0.15) is 0 Å². The van der Waals surface area contributed by atoms with E-state index in [1.165, 1.54) is 11.8 Å². The van der Waals surface area contributed by atoms with E-state index in [9.17, 15) is 4.79 Å². The van der Waals surface area contributed by atoms with Gasteiger partial charge >= 0.3 is 0 Å². The average molecular weight is 416 g/mol. The Morgan fingerprint density at radius 2 is 1.92 bits per heavy atom. The Morgan fingerprint density at radius 1 is 1.16 bits per heavy atom. The molecule has 25 heavy (non-hydrogen) atoms. The molecule has 3 aromatic rings. The monoisotopic (exact) mass is 415 g/mol. The van der Waals surface area contributed by atoms with Gasteiger partial charge in [0.1, 0.15) is 10.9 Å². The maximum Gasteiger partial charge on any atom is 0.237 e. The molecule has 0 aliphatic rings. The van der Waals surface area contributed by atoms with Crippen LogP contribution in [0.1, 0.15) is 18.3 Å². The van der Waals surface area contributed by atoms with Gasteiger partial charge in [0.25, 0.3) is 0 Å². The van der Waals surface area contributed by atoms with Crippen molar-refractivity contribution in [2.75, 3.05) is 5.32 Å². The average Bonchev–Trinajstić information content (AvgIpc) is 2.57. The number of para-hydroxylation sites is 1. The third-order valence-corrected chi connectivity index (χ3v) is 5.48. The van der Waals surface area contributed by atoms with Crippen molar-refractivity contribution in [1.29, 1.82) is 0 Å². The zero-order valence-corrected chi connectivity index (χ0v) is 16.6. The Kier molecular flexibility index (Phi) is 5.39. The van der Waals surface area contributed by atoms with Gasteiger partial charge in [0.05, 0.1) is 16.5 Å². The number of hydrogen-bond acceptors (Lipinski definition) is 4. The largest absolute Gasteiger partial charge is 0.324 e. The number of aromatic nitrogens is 2. The van der Waals surface area contributed by atoms with Crippen molar-refractivity contribution >= 4 is 50.2 Å². The van der Waals surface area contributed by atoms with Gasteiger partial charge in [-0.3, -0.25) is 4.79 Å². The fourth-order valence-electron chi connectivity index (χ4n) is 2.43. The summed E-state index contributed by atoms with van der Waals surface area (Å²) >= 11 is 4.94. The highest BCUT2D eigenvalue weighted by Crippen LogP contribution is 2.30. The molecule has 0 radical (unpaired) electrons. The van der Waals surface area contributed by atoms with Crippen molar-refractivity contribution in [2.45, 2.75) is 31.0 Å². The summed E-state index contributed by atoms with van der Waals surface area (Å²) in [4.78, 5) is 21.5. The minimum absolute atomic E-state index is 0.0603. The third-order valence-electron chi connectivity index (χ3n) is 3.72. The van der Waals surface area contributed by atoms with E-state index in [2.05, 4.69) is 31.2 Å². The van der Waals surface area contributed by atoms with Crippen LogP contribution in [-0.2, 0) is 4.79 Å². The Morgan fingerprint density at radius 3 is 2.68 bits per heavy atom. The first-order valence-corrected chi connectivity index (χ1v) is 9.58. The molecule has 1 aromatic heterocycles. The second kappa shape index (κ2) is 7.54. The van der Waals surface area contributed by atoms with Crippen LogP contribution < -0.4 is 5.32 Å². The quantitative estimate of drug-likeness (QED) is 0.473. The molecule has 0 saturated heterocycles. The summed E-state index contributed by atoms with van der Waals surface area (Å²) in [5.74, 6) is 0.644. The van der Waals surface area contributed by atoms with E-state index in [-0.39, 0.29) is 11.2 Å². The molecule has 0 fully saturated rings. The van der Waals surface area contributed by atoms with Gasteiger partial charge in [0.2, 0.25) is 5.91 Å². The van der Waals surface area contributed by atoms with Gasteiger partial charge in [-0.05, 0) is 60.5 Å². The lowest BCUT2D eigenvalue weighted by Crippen LogP contribution is -2.22. The van der Waals surface area contributed by atoms with Gasteiger partial charge in [-0.1, -0.05) is 36.0 Å². The molecule has 0 aliphatic carbocycles. The lowest BCUT2D eigenvalue weighted by atomic mass is 10.2. The molecule has 1 N–H and O–H groups in total. The second-order valence-electron chi connectivity index (χ2n) is 5.83. The van der Waals surface area contributed by atoms with Crippen LogP contribution in [0.3, 0.4) is 0 Å². The van der Waals surface area contributed by atoms with Crippen LogP contribution in [0, 0.1) is 13.8 Å². The molecule has 2 aromatic carbocycles. The highest BCUT2D eigenvalue weighted by Gasteiger charge is 2.18. The van der Waals surface area contributed by atoms with Crippen LogP contribution in [0.2, 0.25) is 0 Å². The minimum Gasteiger partial charge on any atom is -0.324 e. The molecule has 0 bridgehead atoms. The zero-order chi connectivity index (χ0) is 18.0. The van der Waals surface area contributed by atoms with Crippen molar-refractivity contribution in [3.8, 4) is 0 Å². The van der Waals surface area contributed by atoms with Crippen molar-refractivity contribution in [1.82, 2.24) is 9.97 Å². The van der Waals surface area contributed by atoms with Gasteiger partial charge in [-0.15, -0.1) is 0 Å². The number of hydrogen-bond donors (Lipinski definition) is 1. The second-order valence-corrected chi connectivity index (χ2v) is 8.01. The van der Waals surface area contributed by atoms with E-state index in [1.807, 2.05) is 63.2 Å². The molecular formula is C19H18BrN3OS. The Hall–Kier alpha value is -1.92. The SMILES string of the molecule is Cc1ccc(NC(=O)C(C)Sc2nc(C)nc3ccccc23)c(Br)c1. The number of carbonyl (C=O) groups is 1. The van der Waals surface area contributed by atoms with E-state index in [4.69, 9.17) is 0 Å². The summed E-state index contributed by atoms with van der Waals surface area (Å²) in [5.41, 5.74) is 2.80. The number of nitrogens with one attached hydrogen (secondary N) is 1. The number of carbonyl (C=O) groups excluding carboxylic acids is 1. The van der Waals surface area contributed by atoms with E-state index in [1.54, 1.807) is 0 Å². The Balaban J connectivity index is 1.80. The molecule has 6 heteroatoms. The first-order chi connectivity index (χ1) is 11.9. The van der Waals surface area contributed by atoms with Crippen LogP contribution in [0.5, 0.6) is 0 Å². The predicted molar refractivity (Wildman–Crippen MR) is 107 cm³/mol. The summed E-state index contributed by atoms with van der Waals surface area (Å²) in [6.07, 6.45) is 0. The minimum atomic E-state index is -0.286. The first-order valence-electron chi connectivity index (χ1n) is 7.91. The summed E-state index contributed by atoms with van der Waals surface area (Å²) in [6, 6.07) is 13.7. The van der Waals surface area contributed by atoms with Gasteiger partial charge in [0, 0.05) is 9.86 Å². The van der Waals surface area contributed by atoms with Crippen LogP contribution in [0.25, 0.3) is 10.9 Å². The maximum absolute atomic E-state index is 12.6. The fraction of sp³-hybridized carbons (Fsp3) is 0.211. The van der Waals surface area contributed by atoms with Crippen LogP contribution >= 0.6 is 27.7 Å². The zero-order valence-electron chi connectivity index (χ0n) is 14.2. The Labute approximate surface area is 159 Å². The Bertz CT molecular complexity index is 945. The highest BCUT2D eigenvalue weighted by molar-refractivity contribution is 9.10. The van der Waals surface area contributed by atoms with E-state index >= 15 is 0 Å². The number of halogens is 1. The predicted octanol–water partition coefficient (Wildman–Crippen LogP) is 5.13. The van der Waals surface area contributed by atoms with Crippen molar-refractivity contribution in [3.05, 3.63) is 58.3 Å². The molecule has 1 amide bonds. The van der Waals surface area contributed by atoms with Crippen molar-refractivity contribution < 1.29 is 4.79 Å². The third kappa shape index (κ3) is 4.19. The van der Waals surface area contributed by atoms with E-state index in [0.717, 1.165) is 31.7 Å². The van der Waals surface area contributed by atoms with Crippen LogP contribution in [0.15, 0.2) is 52.0 Å². The highest BCUT2D eigenvalue weighted by atomic mass is 79.9. The number of thioether (sulfide) groups is 1. The lowest BCUT2D eigenvalue weighted by Gasteiger charge is -2.14. The van der Waals surface area contributed by atoms with Crippen LogP contribution in [0.4, 0.5) is 5.69 Å². The lowest BCUT2D eigenvalue weighted by molar-refractivity contribution is -0.115. The normalized spacial score (nSPS) is 12.2. The summed E-state index contributed by atoms with van der Waals surface area (Å²) < 4.78 is 0.876. The summed E-state index contributed by atoms with van der Waals surface area (Å²) in [7, 11) is 0. The fourth-order valence-corrected chi connectivity index (χ4v) is 4.00. The van der Waals surface area contributed by atoms with Gasteiger partial charge in [0.15, 0.2) is 0 Å². The molecule has 1 heterocycles. The number of nitrogens with zero attached hydrogens (tertiary/aromatic N) is 2. The van der Waals surface area contributed by atoms with Gasteiger partial charge in [-0.25, -0.2) is 9.97 Å². The molecular weight excluding hydrogens is 398 g/mol. The van der Waals surface area contributed by atoms with Crippen molar-refractivity contribution in [3.63, 3.8) is 0 Å². The van der Waals surface area contributed by atoms with E-state index < -0.39 is 0 Å². The molecule has 0 aliphatic heterocycles. The molecule has 3 rings (SSSR count). The summed E-state index contributed by atoms with van der Waals surface area (Å²) in [6.45, 7) is 5.76. The molecule has 4 nitrogen and oxygen atoms in total. The van der Waals surface area contributed by atoms with Crippen molar-refractivity contribution in [2.24, 2.45) is 0 Å². The first kappa shape index (κ1) is 17.9. The molecule has 1 unspecified atom stereocenters. The standard InChI is InChI=1S/C19H18BrN3OS/c1-11-8-9-17(15(20)10-11)23-18(24)12(2)25-19-14-6-4-5-7-16(14)21-13(3)22-19/h4-10,12H,1-3H3,(H,23,24). The van der Waals surface area contributed by atoms with Gasteiger partial charge < -0.3 is 5.32 Å². The van der Waals surface area contributed by atoms with E-state index in [0.29, 0.717) is 5.82 Å².